The highest BCUT2D eigenvalue weighted by atomic mass is 79.9. The lowest BCUT2D eigenvalue weighted by Crippen LogP contribution is -2.16. The number of halogens is 1. The first-order valence-corrected chi connectivity index (χ1v) is 11.8. The summed E-state index contributed by atoms with van der Waals surface area (Å²) in [6.07, 6.45) is 9.59. The first kappa shape index (κ1) is 29.8. The molecule has 4 rings (SSSR count). The summed E-state index contributed by atoms with van der Waals surface area (Å²) in [7, 11) is -1.68. The van der Waals surface area contributed by atoms with Crippen molar-refractivity contribution in [1.29, 1.82) is 0 Å². The van der Waals surface area contributed by atoms with Gasteiger partial charge in [0.15, 0.2) is 0 Å². The van der Waals surface area contributed by atoms with Crippen molar-refractivity contribution >= 4 is 40.9 Å². The van der Waals surface area contributed by atoms with E-state index in [2.05, 4.69) is 35.2 Å². The molecule has 0 saturated carbocycles. The molecule has 1 aliphatic rings. The van der Waals surface area contributed by atoms with E-state index in [1.165, 1.54) is 18.2 Å². The third-order valence-corrected chi connectivity index (χ3v) is 5.40. The molecular weight excluding hydrogens is 551 g/mol. The molecule has 190 valence electrons. The van der Waals surface area contributed by atoms with Crippen LogP contribution in [0.4, 0.5) is 5.69 Å². The van der Waals surface area contributed by atoms with Gasteiger partial charge in [-0.2, -0.15) is 0 Å². The van der Waals surface area contributed by atoms with Gasteiger partial charge in [0.25, 0.3) is 5.69 Å². The van der Waals surface area contributed by atoms with E-state index < -0.39 is 12.0 Å². The van der Waals surface area contributed by atoms with E-state index in [1.54, 1.807) is 18.2 Å². The molecule has 3 aromatic rings. The van der Waals surface area contributed by atoms with E-state index in [4.69, 9.17) is 10.0 Å². The topological polar surface area (TPSA) is 127 Å². The molecule has 0 radical (unpaired) electrons. The highest BCUT2D eigenvalue weighted by molar-refractivity contribution is 9.10. The van der Waals surface area contributed by atoms with Crippen LogP contribution in [0.1, 0.15) is 11.1 Å². The van der Waals surface area contributed by atoms with Gasteiger partial charge in [-0.05, 0) is 40.5 Å². The fourth-order valence-electron chi connectivity index (χ4n) is 3.01. The van der Waals surface area contributed by atoms with Crippen molar-refractivity contribution in [2.45, 2.75) is 0 Å². The van der Waals surface area contributed by atoms with E-state index in [0.717, 1.165) is 32.8 Å². The van der Waals surface area contributed by atoms with Crippen molar-refractivity contribution in [3.05, 3.63) is 157 Å². The predicted octanol–water partition coefficient (Wildman–Crippen LogP) is 6.46. The van der Waals surface area contributed by atoms with Crippen molar-refractivity contribution in [2.75, 3.05) is 0 Å². The number of benzene rings is 3. The lowest BCUT2D eigenvalue weighted by molar-refractivity contribution is -0.419. The molecule has 0 atom stereocenters. The molecular formula is C28H23BBrN2O6+. The summed E-state index contributed by atoms with van der Waals surface area (Å²) in [5.74, 6) is 0. The number of non-ortho nitro benzene ring substituents is 1. The summed E-state index contributed by atoms with van der Waals surface area (Å²) in [5, 5.41) is 38.2. The molecule has 8 nitrogen and oxygen atoms in total. The van der Waals surface area contributed by atoms with Crippen LogP contribution >= 0.6 is 15.9 Å². The minimum absolute atomic E-state index is 0.0838. The SMILES string of the molecule is C=Cc1cccc(-c2cccc([N+](=O)[O-])c2)c1.C=Cc1cccc(Br)c1.O=[N+]([O-])C1=[C+]C=CC(B(O)O)=C1. The molecule has 1 aliphatic carbocycles. The number of nitrogens with zero attached hydrogens (tertiary/aromatic N) is 2. The van der Waals surface area contributed by atoms with E-state index in [9.17, 15) is 20.2 Å². The number of nitro groups is 2. The maximum Gasteiger partial charge on any atom is 0.517 e. The number of hydrogen-bond donors (Lipinski definition) is 2. The molecule has 0 aromatic heterocycles. The predicted molar refractivity (Wildman–Crippen MR) is 154 cm³/mol. The molecule has 2 N–H and O–H groups in total. The van der Waals surface area contributed by atoms with Crippen molar-refractivity contribution < 1.29 is 19.9 Å². The van der Waals surface area contributed by atoms with Crippen LogP contribution in [-0.2, 0) is 0 Å². The van der Waals surface area contributed by atoms with Crippen molar-refractivity contribution in [3.8, 4) is 11.1 Å². The molecule has 0 unspecified atom stereocenters. The van der Waals surface area contributed by atoms with E-state index in [1.807, 2.05) is 60.7 Å². The average molecular weight is 574 g/mol. The van der Waals surface area contributed by atoms with Gasteiger partial charge in [0.2, 0.25) is 0 Å². The quantitative estimate of drug-likeness (QED) is 0.151. The Morgan fingerprint density at radius 2 is 1.42 bits per heavy atom. The van der Waals surface area contributed by atoms with Crippen LogP contribution in [0.2, 0.25) is 0 Å². The Morgan fingerprint density at radius 3 is 1.95 bits per heavy atom. The Balaban J connectivity index is 0.000000212. The highest BCUT2D eigenvalue weighted by Crippen LogP contribution is 2.24. The molecule has 0 fully saturated rings. The normalized spacial score (nSPS) is 11.1. The fourth-order valence-corrected chi connectivity index (χ4v) is 3.43. The van der Waals surface area contributed by atoms with Gasteiger partial charge in [0.05, 0.1) is 4.92 Å². The maximum absolute atomic E-state index is 10.7. The second kappa shape index (κ2) is 14.9. The molecule has 38 heavy (non-hydrogen) atoms. The van der Waals surface area contributed by atoms with Gasteiger partial charge in [-0.15, -0.1) is 0 Å². The summed E-state index contributed by atoms with van der Waals surface area (Å²) in [5.41, 5.74) is 3.83. The number of rotatable bonds is 6. The average Bonchev–Trinajstić information content (AvgIpc) is 2.94. The summed E-state index contributed by atoms with van der Waals surface area (Å²) >= 11 is 3.36. The van der Waals surface area contributed by atoms with Crippen LogP contribution in [0.3, 0.4) is 0 Å². The molecule has 0 spiro atoms. The molecule has 0 aliphatic heterocycles. The summed E-state index contributed by atoms with van der Waals surface area (Å²) in [6, 6.07) is 22.3. The van der Waals surface area contributed by atoms with E-state index in [-0.39, 0.29) is 21.8 Å². The van der Waals surface area contributed by atoms with Gasteiger partial charge in [-0.3, -0.25) is 20.2 Å². The Kier molecular flexibility index (Phi) is 11.7. The minimum Gasteiger partial charge on any atom is -0.422 e. The second-order valence-corrected chi connectivity index (χ2v) is 8.45. The number of allylic oxidation sites excluding steroid dienone is 5. The third kappa shape index (κ3) is 9.53. The second-order valence-electron chi connectivity index (χ2n) is 7.53. The molecule has 0 amide bonds. The third-order valence-electron chi connectivity index (χ3n) is 4.90. The summed E-state index contributed by atoms with van der Waals surface area (Å²) in [6.45, 7) is 7.35. The van der Waals surface area contributed by atoms with E-state index >= 15 is 0 Å². The monoisotopic (exact) mass is 573 g/mol. The largest absolute Gasteiger partial charge is 0.517 e. The lowest BCUT2D eigenvalue weighted by atomic mass is 9.77. The number of nitro benzene ring substituents is 1. The Labute approximate surface area is 228 Å². The van der Waals surface area contributed by atoms with E-state index in [0.29, 0.717) is 0 Å². The Hall–Kier alpha value is -4.47. The Morgan fingerprint density at radius 1 is 0.842 bits per heavy atom. The van der Waals surface area contributed by atoms with Gasteiger partial charge in [-0.25, -0.2) is 0 Å². The first-order chi connectivity index (χ1) is 18.1. The summed E-state index contributed by atoms with van der Waals surface area (Å²) < 4.78 is 1.10. The fraction of sp³-hybridized carbons (Fsp3) is 0. The van der Waals surface area contributed by atoms with Gasteiger partial charge in [-0.1, -0.05) is 83.7 Å². The van der Waals surface area contributed by atoms with Gasteiger partial charge >= 0.3 is 12.8 Å². The zero-order valence-electron chi connectivity index (χ0n) is 20.1. The van der Waals surface area contributed by atoms with Crippen LogP contribution in [-0.4, -0.2) is 27.0 Å². The first-order valence-electron chi connectivity index (χ1n) is 11.0. The van der Waals surface area contributed by atoms with Crippen LogP contribution in [0.15, 0.2) is 120 Å². The summed E-state index contributed by atoms with van der Waals surface area (Å²) in [4.78, 5) is 19.8. The zero-order valence-corrected chi connectivity index (χ0v) is 21.7. The molecule has 0 heterocycles. The maximum atomic E-state index is 10.7. The minimum atomic E-state index is -1.68. The molecule has 0 saturated heterocycles. The Bertz CT molecular complexity index is 1420. The van der Waals surface area contributed by atoms with Gasteiger partial charge in [0, 0.05) is 22.7 Å². The van der Waals surface area contributed by atoms with Gasteiger partial charge < -0.3 is 10.0 Å². The van der Waals surface area contributed by atoms with Crippen LogP contribution in [0, 0.1) is 26.3 Å². The van der Waals surface area contributed by atoms with Crippen LogP contribution < -0.4 is 0 Å². The lowest BCUT2D eigenvalue weighted by Gasteiger charge is -2.02. The molecule has 10 heteroatoms. The molecule has 0 bridgehead atoms. The zero-order chi connectivity index (χ0) is 28.1. The highest BCUT2D eigenvalue weighted by Gasteiger charge is 2.27. The smallest absolute Gasteiger partial charge is 0.422 e. The van der Waals surface area contributed by atoms with Crippen LogP contribution in [0.25, 0.3) is 23.3 Å². The number of hydrogen-bond acceptors (Lipinski definition) is 6. The van der Waals surface area contributed by atoms with Crippen molar-refractivity contribution in [1.82, 2.24) is 0 Å². The van der Waals surface area contributed by atoms with Gasteiger partial charge in [0.1, 0.15) is 28.6 Å². The van der Waals surface area contributed by atoms with Crippen molar-refractivity contribution in [3.63, 3.8) is 0 Å². The van der Waals surface area contributed by atoms with Crippen LogP contribution in [0.5, 0.6) is 0 Å². The molecule has 3 aromatic carbocycles. The standard InChI is InChI=1S/C14H11NO2.C8H7Br.C6H5BNO4/c1-2-11-5-3-6-12(9-11)13-7-4-8-14(10-13)15(16)17;1-2-7-4-3-5-8(9)6-7;9-7(10)5-2-1-3-6(4-5)8(11)12/h2-10H,1H2;2-6H,1H2;1-2,4,9-10H/q;;+1. The van der Waals surface area contributed by atoms with Crippen molar-refractivity contribution in [2.24, 2.45) is 0 Å².